The fraction of sp³-hybridized carbons (Fsp3) is 0.905. The molecule has 1 heteroatoms. The third-order valence-corrected chi connectivity index (χ3v) is 5.02. The highest BCUT2D eigenvalue weighted by molar-refractivity contribution is 4.83. The summed E-state index contributed by atoms with van der Waals surface area (Å²) >= 11 is 0. The van der Waals surface area contributed by atoms with Crippen LogP contribution in [0.15, 0.2) is 12.2 Å². The molecule has 0 amide bonds. The van der Waals surface area contributed by atoms with Crippen molar-refractivity contribution >= 4 is 0 Å². The molecule has 0 aliphatic carbocycles. The van der Waals surface area contributed by atoms with E-state index in [9.17, 15) is 0 Å². The van der Waals surface area contributed by atoms with Gasteiger partial charge in [-0.1, -0.05) is 70.4 Å². The first-order chi connectivity index (χ1) is 10.8. The van der Waals surface area contributed by atoms with E-state index in [0.717, 1.165) is 12.1 Å². The van der Waals surface area contributed by atoms with Crippen molar-refractivity contribution in [2.45, 2.75) is 122 Å². The topological polar surface area (TPSA) is 12.0 Å². The van der Waals surface area contributed by atoms with Gasteiger partial charge in [0.1, 0.15) is 0 Å². The zero-order valence-corrected chi connectivity index (χ0v) is 15.4. The van der Waals surface area contributed by atoms with Crippen molar-refractivity contribution in [3.05, 3.63) is 12.2 Å². The van der Waals surface area contributed by atoms with Gasteiger partial charge < -0.3 is 5.32 Å². The molecule has 2 atom stereocenters. The van der Waals surface area contributed by atoms with E-state index in [2.05, 4.69) is 31.3 Å². The van der Waals surface area contributed by atoms with Gasteiger partial charge >= 0.3 is 0 Å². The highest BCUT2D eigenvalue weighted by Gasteiger charge is 2.16. The fourth-order valence-corrected chi connectivity index (χ4v) is 3.58. The highest BCUT2D eigenvalue weighted by Crippen LogP contribution is 2.17. The van der Waals surface area contributed by atoms with Crippen LogP contribution in [0.3, 0.4) is 0 Å². The van der Waals surface area contributed by atoms with Crippen LogP contribution in [0, 0.1) is 0 Å². The summed E-state index contributed by atoms with van der Waals surface area (Å²) < 4.78 is 0. The number of hydrogen-bond donors (Lipinski definition) is 1. The van der Waals surface area contributed by atoms with Crippen LogP contribution in [0.25, 0.3) is 0 Å². The third-order valence-electron chi connectivity index (χ3n) is 5.02. The van der Waals surface area contributed by atoms with Crippen LogP contribution < -0.4 is 5.32 Å². The lowest BCUT2D eigenvalue weighted by molar-refractivity contribution is 0.318. The van der Waals surface area contributed by atoms with E-state index in [1.165, 1.54) is 96.3 Å². The van der Waals surface area contributed by atoms with Gasteiger partial charge in [0.05, 0.1) is 0 Å². The molecule has 130 valence electrons. The summed E-state index contributed by atoms with van der Waals surface area (Å²) in [5.41, 5.74) is 0. The van der Waals surface area contributed by atoms with E-state index in [1.807, 2.05) is 0 Å². The monoisotopic (exact) mass is 307 g/mol. The SMILES string of the molecule is CCCCCCCCCC/C=C\CCC[C@@H]1CCC[C@@H](C)N1. The van der Waals surface area contributed by atoms with Gasteiger partial charge in [-0.15, -0.1) is 0 Å². The second kappa shape index (κ2) is 14.3. The van der Waals surface area contributed by atoms with Gasteiger partial charge in [-0.25, -0.2) is 0 Å². The van der Waals surface area contributed by atoms with Crippen molar-refractivity contribution in [1.29, 1.82) is 0 Å². The minimum absolute atomic E-state index is 0.747. The van der Waals surface area contributed by atoms with Gasteiger partial charge in [-0.3, -0.25) is 0 Å². The standard InChI is InChI=1S/C21H41N/c1-3-4-5-6-7-8-9-10-11-12-13-14-15-18-21-19-16-17-20(2)22-21/h12-13,20-22H,3-11,14-19H2,1-2H3/b13-12-/t20-,21-/m1/s1. The van der Waals surface area contributed by atoms with Crippen molar-refractivity contribution in [3.63, 3.8) is 0 Å². The first-order valence-corrected chi connectivity index (χ1v) is 10.2. The quantitative estimate of drug-likeness (QED) is 0.292. The van der Waals surface area contributed by atoms with Gasteiger partial charge in [-0.2, -0.15) is 0 Å². The molecule has 22 heavy (non-hydrogen) atoms. The van der Waals surface area contributed by atoms with Gasteiger partial charge in [0.15, 0.2) is 0 Å². The lowest BCUT2D eigenvalue weighted by Crippen LogP contribution is -2.40. The summed E-state index contributed by atoms with van der Waals surface area (Å²) in [6.07, 6.45) is 25.8. The predicted octanol–water partition coefficient (Wildman–Crippen LogP) is 6.77. The van der Waals surface area contributed by atoms with E-state index >= 15 is 0 Å². The summed E-state index contributed by atoms with van der Waals surface area (Å²) in [5.74, 6) is 0. The molecular weight excluding hydrogens is 266 g/mol. The minimum Gasteiger partial charge on any atom is -0.312 e. The van der Waals surface area contributed by atoms with Gasteiger partial charge in [0.25, 0.3) is 0 Å². The molecule has 0 radical (unpaired) electrons. The molecule has 1 nitrogen and oxygen atoms in total. The largest absolute Gasteiger partial charge is 0.312 e. The molecule has 1 fully saturated rings. The second-order valence-corrected chi connectivity index (χ2v) is 7.36. The van der Waals surface area contributed by atoms with E-state index in [-0.39, 0.29) is 0 Å². The Morgan fingerprint density at radius 2 is 1.45 bits per heavy atom. The molecule has 1 aliphatic heterocycles. The fourth-order valence-electron chi connectivity index (χ4n) is 3.58. The number of allylic oxidation sites excluding steroid dienone is 2. The maximum absolute atomic E-state index is 3.74. The molecule has 1 N–H and O–H groups in total. The van der Waals surface area contributed by atoms with Crippen molar-refractivity contribution < 1.29 is 0 Å². The zero-order valence-electron chi connectivity index (χ0n) is 15.4. The van der Waals surface area contributed by atoms with E-state index in [1.54, 1.807) is 0 Å². The smallest absolute Gasteiger partial charge is 0.00696 e. The third kappa shape index (κ3) is 11.3. The Balaban J connectivity index is 1.80. The number of unbranched alkanes of at least 4 members (excludes halogenated alkanes) is 9. The maximum Gasteiger partial charge on any atom is 0.00696 e. The minimum atomic E-state index is 0.747. The molecule has 0 spiro atoms. The van der Waals surface area contributed by atoms with Crippen molar-refractivity contribution in [1.82, 2.24) is 5.32 Å². The zero-order chi connectivity index (χ0) is 15.9. The predicted molar refractivity (Wildman–Crippen MR) is 100 cm³/mol. The van der Waals surface area contributed by atoms with Crippen LogP contribution in [0.2, 0.25) is 0 Å². The Labute approximate surface area is 140 Å². The van der Waals surface area contributed by atoms with Crippen molar-refractivity contribution in [2.24, 2.45) is 0 Å². The first-order valence-electron chi connectivity index (χ1n) is 10.2. The molecule has 1 saturated heterocycles. The van der Waals surface area contributed by atoms with E-state index in [4.69, 9.17) is 0 Å². The maximum atomic E-state index is 3.74. The Morgan fingerprint density at radius 1 is 0.818 bits per heavy atom. The molecule has 0 aromatic heterocycles. The Morgan fingerprint density at radius 3 is 2.14 bits per heavy atom. The Hall–Kier alpha value is -0.300. The average Bonchev–Trinajstić information content (AvgIpc) is 2.52. The van der Waals surface area contributed by atoms with Crippen LogP contribution >= 0.6 is 0 Å². The molecule has 0 aromatic carbocycles. The summed E-state index contributed by atoms with van der Waals surface area (Å²) in [7, 11) is 0. The molecule has 0 saturated carbocycles. The summed E-state index contributed by atoms with van der Waals surface area (Å²) in [5, 5.41) is 3.74. The highest BCUT2D eigenvalue weighted by atomic mass is 15.0. The van der Waals surface area contributed by atoms with Gasteiger partial charge in [0.2, 0.25) is 0 Å². The van der Waals surface area contributed by atoms with E-state index in [0.29, 0.717) is 0 Å². The number of hydrogen-bond acceptors (Lipinski definition) is 1. The molecule has 1 aliphatic rings. The van der Waals surface area contributed by atoms with Crippen LogP contribution in [-0.4, -0.2) is 12.1 Å². The molecule has 0 bridgehead atoms. The Bertz CT molecular complexity index is 259. The van der Waals surface area contributed by atoms with Gasteiger partial charge in [-0.05, 0) is 51.9 Å². The van der Waals surface area contributed by atoms with Crippen molar-refractivity contribution in [2.75, 3.05) is 0 Å². The molecular formula is C21H41N. The Kier molecular flexibility index (Phi) is 12.8. The van der Waals surface area contributed by atoms with Gasteiger partial charge in [0, 0.05) is 12.1 Å². The number of piperidine rings is 1. The summed E-state index contributed by atoms with van der Waals surface area (Å²) in [6.45, 7) is 4.62. The van der Waals surface area contributed by atoms with Crippen LogP contribution in [0.5, 0.6) is 0 Å². The molecule has 0 unspecified atom stereocenters. The molecule has 1 rings (SSSR count). The summed E-state index contributed by atoms with van der Waals surface area (Å²) in [6, 6.07) is 1.54. The second-order valence-electron chi connectivity index (χ2n) is 7.36. The number of nitrogens with one attached hydrogen (secondary N) is 1. The lowest BCUT2D eigenvalue weighted by atomic mass is 9.96. The van der Waals surface area contributed by atoms with Crippen molar-refractivity contribution in [3.8, 4) is 0 Å². The molecule has 1 heterocycles. The van der Waals surface area contributed by atoms with Crippen LogP contribution in [0.4, 0.5) is 0 Å². The average molecular weight is 308 g/mol. The first kappa shape index (κ1) is 19.7. The molecule has 0 aromatic rings. The lowest BCUT2D eigenvalue weighted by Gasteiger charge is -2.28. The number of rotatable bonds is 13. The van der Waals surface area contributed by atoms with Crippen LogP contribution in [0.1, 0.15) is 110 Å². The summed E-state index contributed by atoms with van der Waals surface area (Å²) in [4.78, 5) is 0. The van der Waals surface area contributed by atoms with E-state index < -0.39 is 0 Å². The normalized spacial score (nSPS) is 22.5. The van der Waals surface area contributed by atoms with Crippen LogP contribution in [-0.2, 0) is 0 Å².